The standard InChI is InChI=1S/C11H13BrClN/c1-11(5-2-6-14-11)9-4-3-8(12)7-10(9)13/h3-4,7,14H,2,5-6H2,1H3. The van der Waals surface area contributed by atoms with E-state index in [1.807, 2.05) is 12.1 Å². The lowest BCUT2D eigenvalue weighted by atomic mass is 9.91. The van der Waals surface area contributed by atoms with Crippen LogP contribution in [0.3, 0.4) is 0 Å². The van der Waals surface area contributed by atoms with E-state index in [0.717, 1.165) is 22.5 Å². The fourth-order valence-electron chi connectivity index (χ4n) is 2.06. The van der Waals surface area contributed by atoms with Gasteiger partial charge in [-0.1, -0.05) is 33.6 Å². The summed E-state index contributed by atoms with van der Waals surface area (Å²) in [6.45, 7) is 3.30. The molecule has 1 atom stereocenters. The van der Waals surface area contributed by atoms with Crippen molar-refractivity contribution in [2.75, 3.05) is 6.54 Å². The Hall–Kier alpha value is -0.0500. The molecule has 1 aliphatic heterocycles. The number of benzene rings is 1. The van der Waals surface area contributed by atoms with E-state index in [9.17, 15) is 0 Å². The third kappa shape index (κ3) is 1.83. The van der Waals surface area contributed by atoms with E-state index < -0.39 is 0 Å². The predicted molar refractivity (Wildman–Crippen MR) is 63.7 cm³/mol. The highest BCUT2D eigenvalue weighted by Gasteiger charge is 2.31. The van der Waals surface area contributed by atoms with Crippen molar-refractivity contribution in [3.8, 4) is 0 Å². The smallest absolute Gasteiger partial charge is 0.0467 e. The van der Waals surface area contributed by atoms with Gasteiger partial charge < -0.3 is 5.32 Å². The Morgan fingerprint density at radius 3 is 2.86 bits per heavy atom. The molecule has 0 bridgehead atoms. The van der Waals surface area contributed by atoms with Crippen LogP contribution in [0.25, 0.3) is 0 Å². The van der Waals surface area contributed by atoms with Crippen LogP contribution in [0.15, 0.2) is 22.7 Å². The van der Waals surface area contributed by atoms with Gasteiger partial charge in [0.05, 0.1) is 0 Å². The molecule has 14 heavy (non-hydrogen) atoms. The largest absolute Gasteiger partial charge is 0.308 e. The second kappa shape index (κ2) is 3.84. The van der Waals surface area contributed by atoms with Gasteiger partial charge in [0.15, 0.2) is 0 Å². The Bertz CT molecular complexity index is 345. The first-order chi connectivity index (χ1) is 6.62. The van der Waals surface area contributed by atoms with Crippen molar-refractivity contribution in [1.29, 1.82) is 0 Å². The average Bonchev–Trinajstić information content (AvgIpc) is 2.52. The molecular weight excluding hydrogens is 261 g/mol. The summed E-state index contributed by atoms with van der Waals surface area (Å²) in [7, 11) is 0. The molecule has 0 radical (unpaired) electrons. The summed E-state index contributed by atoms with van der Waals surface area (Å²) >= 11 is 9.65. The van der Waals surface area contributed by atoms with Crippen LogP contribution in [0.2, 0.25) is 5.02 Å². The molecule has 0 aromatic heterocycles. The van der Waals surface area contributed by atoms with Crippen LogP contribution < -0.4 is 5.32 Å². The highest BCUT2D eigenvalue weighted by Crippen LogP contribution is 2.35. The molecular formula is C11H13BrClN. The molecule has 1 aliphatic rings. The fraction of sp³-hybridized carbons (Fsp3) is 0.455. The van der Waals surface area contributed by atoms with E-state index in [1.165, 1.54) is 12.0 Å². The maximum Gasteiger partial charge on any atom is 0.0467 e. The molecule has 0 saturated carbocycles. The molecule has 1 heterocycles. The summed E-state index contributed by atoms with van der Waals surface area (Å²) in [5, 5.41) is 4.35. The lowest BCUT2D eigenvalue weighted by Crippen LogP contribution is -2.33. The van der Waals surface area contributed by atoms with Crippen LogP contribution >= 0.6 is 27.5 Å². The molecule has 3 heteroatoms. The van der Waals surface area contributed by atoms with Gasteiger partial charge in [0.1, 0.15) is 0 Å². The van der Waals surface area contributed by atoms with Crippen LogP contribution in [-0.2, 0) is 5.54 Å². The van der Waals surface area contributed by atoms with E-state index in [-0.39, 0.29) is 5.54 Å². The zero-order valence-electron chi connectivity index (χ0n) is 8.11. The van der Waals surface area contributed by atoms with Crippen LogP contribution in [0.5, 0.6) is 0 Å². The topological polar surface area (TPSA) is 12.0 Å². The number of hydrogen-bond donors (Lipinski definition) is 1. The molecule has 0 aliphatic carbocycles. The Morgan fingerprint density at radius 1 is 1.50 bits per heavy atom. The second-order valence-electron chi connectivity index (χ2n) is 3.99. The van der Waals surface area contributed by atoms with Gasteiger partial charge in [0, 0.05) is 15.0 Å². The summed E-state index contributed by atoms with van der Waals surface area (Å²) in [5.41, 5.74) is 1.28. The molecule has 1 aromatic carbocycles. The maximum absolute atomic E-state index is 6.23. The summed E-state index contributed by atoms with van der Waals surface area (Å²) < 4.78 is 1.04. The Balaban J connectivity index is 2.40. The van der Waals surface area contributed by atoms with Gasteiger partial charge in [-0.2, -0.15) is 0 Å². The van der Waals surface area contributed by atoms with Crippen molar-refractivity contribution >= 4 is 27.5 Å². The maximum atomic E-state index is 6.23. The van der Waals surface area contributed by atoms with Crippen LogP contribution in [0.4, 0.5) is 0 Å². The van der Waals surface area contributed by atoms with Crippen molar-refractivity contribution < 1.29 is 0 Å². The van der Waals surface area contributed by atoms with Gasteiger partial charge in [0.25, 0.3) is 0 Å². The van der Waals surface area contributed by atoms with Gasteiger partial charge in [-0.15, -0.1) is 0 Å². The van der Waals surface area contributed by atoms with E-state index in [0.29, 0.717) is 0 Å². The minimum atomic E-state index is 0.0672. The van der Waals surface area contributed by atoms with Gasteiger partial charge in [0.2, 0.25) is 0 Å². The third-order valence-corrected chi connectivity index (χ3v) is 3.70. The fourth-order valence-corrected chi connectivity index (χ4v) is 2.94. The molecule has 0 amide bonds. The molecule has 1 unspecified atom stereocenters. The predicted octanol–water partition coefficient (Wildman–Crippen LogP) is 3.70. The third-order valence-electron chi connectivity index (χ3n) is 2.89. The summed E-state index contributed by atoms with van der Waals surface area (Å²) in [5.74, 6) is 0. The van der Waals surface area contributed by atoms with E-state index in [1.54, 1.807) is 0 Å². The number of rotatable bonds is 1. The molecule has 1 nitrogen and oxygen atoms in total. The van der Waals surface area contributed by atoms with Crippen molar-refractivity contribution in [2.24, 2.45) is 0 Å². The summed E-state index contributed by atoms with van der Waals surface area (Å²) in [6.07, 6.45) is 2.39. The van der Waals surface area contributed by atoms with Crippen LogP contribution in [0.1, 0.15) is 25.3 Å². The summed E-state index contributed by atoms with van der Waals surface area (Å²) in [4.78, 5) is 0. The average molecular weight is 275 g/mol. The second-order valence-corrected chi connectivity index (χ2v) is 5.31. The number of halogens is 2. The molecule has 2 rings (SSSR count). The zero-order valence-corrected chi connectivity index (χ0v) is 10.5. The molecule has 1 N–H and O–H groups in total. The van der Waals surface area contributed by atoms with Gasteiger partial charge in [-0.05, 0) is 44.0 Å². The first-order valence-electron chi connectivity index (χ1n) is 4.82. The quantitative estimate of drug-likeness (QED) is 0.823. The number of hydrogen-bond acceptors (Lipinski definition) is 1. The van der Waals surface area contributed by atoms with Gasteiger partial charge in [-0.25, -0.2) is 0 Å². The highest BCUT2D eigenvalue weighted by molar-refractivity contribution is 9.10. The molecule has 1 fully saturated rings. The lowest BCUT2D eigenvalue weighted by Gasteiger charge is -2.26. The Kier molecular flexibility index (Phi) is 2.87. The van der Waals surface area contributed by atoms with Crippen LogP contribution in [0, 0.1) is 0 Å². The highest BCUT2D eigenvalue weighted by atomic mass is 79.9. The van der Waals surface area contributed by atoms with Crippen molar-refractivity contribution in [2.45, 2.75) is 25.3 Å². The first-order valence-corrected chi connectivity index (χ1v) is 5.99. The van der Waals surface area contributed by atoms with Crippen LogP contribution in [-0.4, -0.2) is 6.54 Å². The van der Waals surface area contributed by atoms with Crippen molar-refractivity contribution in [3.05, 3.63) is 33.3 Å². The lowest BCUT2D eigenvalue weighted by molar-refractivity contribution is 0.435. The molecule has 1 aromatic rings. The van der Waals surface area contributed by atoms with E-state index >= 15 is 0 Å². The molecule has 76 valence electrons. The minimum Gasteiger partial charge on any atom is -0.308 e. The van der Waals surface area contributed by atoms with E-state index in [4.69, 9.17) is 11.6 Å². The molecule has 0 spiro atoms. The van der Waals surface area contributed by atoms with Gasteiger partial charge >= 0.3 is 0 Å². The molecule has 1 saturated heterocycles. The Labute approximate surface area is 98.0 Å². The van der Waals surface area contributed by atoms with Crippen molar-refractivity contribution in [1.82, 2.24) is 5.32 Å². The SMILES string of the molecule is CC1(c2ccc(Br)cc2Cl)CCCN1. The van der Waals surface area contributed by atoms with E-state index in [2.05, 4.69) is 34.2 Å². The minimum absolute atomic E-state index is 0.0672. The Morgan fingerprint density at radius 2 is 2.29 bits per heavy atom. The van der Waals surface area contributed by atoms with Gasteiger partial charge in [-0.3, -0.25) is 0 Å². The monoisotopic (exact) mass is 273 g/mol. The summed E-state index contributed by atoms with van der Waals surface area (Å²) in [6, 6.07) is 6.11. The number of nitrogens with one attached hydrogen (secondary N) is 1. The zero-order chi connectivity index (χ0) is 10.2. The normalized spacial score (nSPS) is 26.8. The first kappa shape index (κ1) is 10.5. The van der Waals surface area contributed by atoms with Crippen molar-refractivity contribution in [3.63, 3.8) is 0 Å².